The Morgan fingerprint density at radius 2 is 1.00 bits per heavy atom. The second kappa shape index (κ2) is 3.40. The van der Waals surface area contributed by atoms with Crippen LogP contribution in [-0.2, 0) is 0 Å². The Kier molecular flexibility index (Phi) is 2.09. The van der Waals surface area contributed by atoms with E-state index in [2.05, 4.69) is 10.4 Å². The Morgan fingerprint density at radius 1 is 0.667 bits per heavy atom. The molecular weight excluding hydrogens is 228 g/mol. The molecule has 4 heteroatoms. The number of hydrogen-bond acceptors (Lipinski definition) is 4. The number of rotatable bonds is 2. The van der Waals surface area contributed by atoms with Crippen LogP contribution in [0.25, 0.3) is 0 Å². The SMILES string of the molecule is O=NC1CCC2(CC1)C1C2C12CCC(N=O)CC2. The average molecular weight is 248 g/mol. The van der Waals surface area contributed by atoms with Crippen molar-refractivity contribution in [2.24, 2.45) is 33.0 Å². The van der Waals surface area contributed by atoms with Gasteiger partial charge in [-0.1, -0.05) is 10.4 Å². The normalized spacial score (nSPS) is 57.1. The smallest absolute Gasteiger partial charge is 0.0920 e. The van der Waals surface area contributed by atoms with Crippen molar-refractivity contribution in [3.63, 3.8) is 0 Å². The maximum absolute atomic E-state index is 10.6. The molecule has 0 aromatic carbocycles. The van der Waals surface area contributed by atoms with Crippen LogP contribution in [0.1, 0.15) is 51.4 Å². The van der Waals surface area contributed by atoms with Crippen LogP contribution in [-0.4, -0.2) is 12.1 Å². The Hall–Kier alpha value is -0.800. The van der Waals surface area contributed by atoms with Gasteiger partial charge >= 0.3 is 0 Å². The zero-order chi connectivity index (χ0) is 12.4. The fourth-order valence-corrected chi connectivity index (χ4v) is 5.77. The van der Waals surface area contributed by atoms with E-state index in [0.29, 0.717) is 10.8 Å². The minimum Gasteiger partial charge on any atom is -0.151 e. The van der Waals surface area contributed by atoms with Crippen LogP contribution in [0, 0.1) is 32.5 Å². The third kappa shape index (κ3) is 1.17. The molecule has 2 spiro atoms. The van der Waals surface area contributed by atoms with E-state index < -0.39 is 0 Å². The Morgan fingerprint density at radius 3 is 1.28 bits per heavy atom. The summed E-state index contributed by atoms with van der Waals surface area (Å²) in [7, 11) is 0. The van der Waals surface area contributed by atoms with Gasteiger partial charge in [-0.05, 0) is 74.0 Å². The van der Waals surface area contributed by atoms with Gasteiger partial charge in [-0.2, -0.15) is 9.81 Å². The van der Waals surface area contributed by atoms with Gasteiger partial charge in [0.25, 0.3) is 0 Å². The maximum Gasteiger partial charge on any atom is 0.0920 e. The molecule has 18 heavy (non-hydrogen) atoms. The van der Waals surface area contributed by atoms with Crippen LogP contribution in [0.3, 0.4) is 0 Å². The van der Waals surface area contributed by atoms with Crippen LogP contribution in [0.5, 0.6) is 0 Å². The number of fused-ring (bicyclic) bond motifs is 5. The van der Waals surface area contributed by atoms with Crippen molar-refractivity contribution in [2.75, 3.05) is 0 Å². The van der Waals surface area contributed by atoms with Gasteiger partial charge in [0, 0.05) is 0 Å². The van der Waals surface area contributed by atoms with Gasteiger partial charge in [-0.25, -0.2) is 0 Å². The quantitative estimate of drug-likeness (QED) is 0.700. The molecule has 0 aromatic heterocycles. The van der Waals surface area contributed by atoms with E-state index in [0.717, 1.165) is 37.5 Å². The second-order valence-corrected chi connectivity index (χ2v) is 7.09. The average Bonchev–Trinajstić information content (AvgIpc) is 3.30. The maximum atomic E-state index is 10.6. The molecule has 4 rings (SSSR count). The third-order valence-electron chi connectivity index (χ3n) is 6.66. The molecule has 0 aliphatic heterocycles. The van der Waals surface area contributed by atoms with E-state index >= 15 is 0 Å². The largest absolute Gasteiger partial charge is 0.151 e. The van der Waals surface area contributed by atoms with E-state index in [1.54, 1.807) is 0 Å². The summed E-state index contributed by atoms with van der Waals surface area (Å²) < 4.78 is 0. The van der Waals surface area contributed by atoms with Crippen LogP contribution >= 0.6 is 0 Å². The Balaban J connectivity index is 1.37. The fourth-order valence-electron chi connectivity index (χ4n) is 5.77. The lowest BCUT2D eigenvalue weighted by atomic mass is 9.64. The van der Waals surface area contributed by atoms with Crippen LogP contribution in [0.15, 0.2) is 10.4 Å². The Labute approximate surface area is 107 Å². The summed E-state index contributed by atoms with van der Waals surface area (Å²) in [4.78, 5) is 21.1. The van der Waals surface area contributed by atoms with E-state index in [-0.39, 0.29) is 12.1 Å². The molecule has 0 amide bonds. The summed E-state index contributed by atoms with van der Waals surface area (Å²) in [5.41, 5.74) is 1.23. The summed E-state index contributed by atoms with van der Waals surface area (Å²) >= 11 is 0. The van der Waals surface area contributed by atoms with Crippen molar-refractivity contribution in [3.8, 4) is 0 Å². The van der Waals surface area contributed by atoms with E-state index in [1.807, 2.05) is 0 Å². The summed E-state index contributed by atoms with van der Waals surface area (Å²) in [5, 5.41) is 6.42. The zero-order valence-electron chi connectivity index (χ0n) is 10.7. The molecule has 0 saturated heterocycles. The van der Waals surface area contributed by atoms with E-state index in [1.165, 1.54) is 25.7 Å². The third-order valence-corrected chi connectivity index (χ3v) is 6.66. The van der Waals surface area contributed by atoms with Gasteiger partial charge in [-0.3, -0.25) is 0 Å². The Bertz CT molecular complexity index is 343. The summed E-state index contributed by atoms with van der Waals surface area (Å²) in [6.45, 7) is 0. The minimum atomic E-state index is 0.0987. The molecule has 0 aromatic rings. The molecule has 0 bridgehead atoms. The van der Waals surface area contributed by atoms with Crippen molar-refractivity contribution in [2.45, 2.75) is 63.5 Å². The first-order chi connectivity index (χ1) is 8.77. The predicted octanol–water partition coefficient (Wildman–Crippen LogP) is 3.64. The molecule has 0 atom stereocenters. The highest BCUT2D eigenvalue weighted by Crippen LogP contribution is 2.94. The zero-order valence-corrected chi connectivity index (χ0v) is 10.7. The lowest BCUT2D eigenvalue weighted by Gasteiger charge is -2.41. The first-order valence-electron chi connectivity index (χ1n) is 7.42. The molecule has 0 radical (unpaired) electrons. The second-order valence-electron chi connectivity index (χ2n) is 7.09. The lowest BCUT2D eigenvalue weighted by Crippen LogP contribution is -2.35. The van der Waals surface area contributed by atoms with Crippen molar-refractivity contribution < 1.29 is 0 Å². The number of hydrogen-bond donors (Lipinski definition) is 0. The summed E-state index contributed by atoms with van der Waals surface area (Å²) in [5.74, 6) is 1.87. The highest BCUT2D eigenvalue weighted by atomic mass is 16.3. The highest BCUT2D eigenvalue weighted by Gasteiger charge is 2.89. The van der Waals surface area contributed by atoms with Gasteiger partial charge in [0.1, 0.15) is 0 Å². The van der Waals surface area contributed by atoms with Crippen LogP contribution < -0.4 is 0 Å². The molecule has 4 nitrogen and oxygen atoms in total. The van der Waals surface area contributed by atoms with Crippen LogP contribution in [0.4, 0.5) is 0 Å². The molecule has 4 fully saturated rings. The molecule has 0 unspecified atom stereocenters. The molecule has 98 valence electrons. The number of nitroso groups, excluding NO2 is 2. The van der Waals surface area contributed by atoms with Gasteiger partial charge in [0.05, 0.1) is 12.1 Å². The highest BCUT2D eigenvalue weighted by molar-refractivity contribution is 5.37. The van der Waals surface area contributed by atoms with Gasteiger partial charge < -0.3 is 0 Å². The predicted molar refractivity (Wildman–Crippen MR) is 67.9 cm³/mol. The first kappa shape index (κ1) is 11.1. The van der Waals surface area contributed by atoms with Crippen molar-refractivity contribution >= 4 is 0 Å². The summed E-state index contributed by atoms with van der Waals surface area (Å²) in [6, 6.07) is 0.197. The van der Waals surface area contributed by atoms with Gasteiger partial charge in [-0.15, -0.1) is 0 Å². The van der Waals surface area contributed by atoms with E-state index in [4.69, 9.17) is 0 Å². The van der Waals surface area contributed by atoms with Crippen LogP contribution in [0.2, 0.25) is 0 Å². The summed E-state index contributed by atoms with van der Waals surface area (Å²) in [6.07, 6.45) is 9.00. The minimum absolute atomic E-state index is 0.0987. The first-order valence-corrected chi connectivity index (χ1v) is 7.42. The van der Waals surface area contributed by atoms with E-state index in [9.17, 15) is 9.81 Å². The standard InChI is InChI=1S/C14H20N2O2/c17-15-9-1-5-13(6-2-9)11-12(13)14(11)7-3-10(16-18)4-8-14/h9-12H,1-8H2. The fraction of sp³-hybridized carbons (Fsp3) is 1.00. The van der Waals surface area contributed by atoms with Crippen molar-refractivity contribution in [3.05, 3.63) is 9.81 Å². The molecule has 4 saturated carbocycles. The lowest BCUT2D eigenvalue weighted by molar-refractivity contribution is 0.0916. The van der Waals surface area contributed by atoms with Crippen molar-refractivity contribution in [1.82, 2.24) is 0 Å². The van der Waals surface area contributed by atoms with Gasteiger partial charge in [0.2, 0.25) is 0 Å². The molecule has 4 aliphatic carbocycles. The molecule has 0 N–H and O–H groups in total. The molecule has 0 heterocycles. The number of nitrogens with zero attached hydrogens (tertiary/aromatic N) is 2. The molecule has 4 aliphatic rings. The molecular formula is C14H20N2O2. The van der Waals surface area contributed by atoms with Gasteiger partial charge in [0.15, 0.2) is 0 Å². The monoisotopic (exact) mass is 248 g/mol. The topological polar surface area (TPSA) is 58.9 Å². The van der Waals surface area contributed by atoms with Crippen molar-refractivity contribution in [1.29, 1.82) is 0 Å².